The first-order valence-electron chi connectivity index (χ1n) is 10.4. The third-order valence-corrected chi connectivity index (χ3v) is 4.88. The molecule has 0 spiro atoms. The van der Waals surface area contributed by atoms with Crippen LogP contribution in [0.3, 0.4) is 0 Å². The average molecular weight is 425 g/mol. The molecule has 0 aliphatic rings. The summed E-state index contributed by atoms with van der Waals surface area (Å²) < 4.78 is 7.60. The highest BCUT2D eigenvalue weighted by molar-refractivity contribution is 5.91. The minimum atomic E-state index is -0.144. The lowest BCUT2D eigenvalue weighted by Crippen LogP contribution is -2.21. The first kappa shape index (κ1) is 21.1. The van der Waals surface area contributed by atoms with Crippen molar-refractivity contribution in [2.45, 2.75) is 19.7 Å². The molecular formula is C26H24N4O2. The summed E-state index contributed by atoms with van der Waals surface area (Å²) in [5.74, 6) is 0.611. The molecule has 0 radical (unpaired) electrons. The molecule has 0 bridgehead atoms. The van der Waals surface area contributed by atoms with Gasteiger partial charge in [-0.05, 0) is 53.1 Å². The Bertz CT molecular complexity index is 1150. The number of benzene rings is 2. The van der Waals surface area contributed by atoms with E-state index < -0.39 is 0 Å². The molecule has 0 aliphatic heterocycles. The van der Waals surface area contributed by atoms with E-state index in [0.29, 0.717) is 19.7 Å². The molecule has 0 fully saturated rings. The van der Waals surface area contributed by atoms with Crippen molar-refractivity contribution in [1.82, 2.24) is 20.1 Å². The largest absolute Gasteiger partial charge is 0.487 e. The van der Waals surface area contributed by atoms with E-state index in [-0.39, 0.29) is 5.91 Å². The molecule has 0 aliphatic carbocycles. The summed E-state index contributed by atoms with van der Waals surface area (Å²) in [6, 6.07) is 23.3. The normalized spacial score (nSPS) is 10.9. The monoisotopic (exact) mass is 424 g/mol. The number of hydrogen-bond acceptors (Lipinski definition) is 4. The summed E-state index contributed by atoms with van der Waals surface area (Å²) in [4.78, 5) is 16.5. The van der Waals surface area contributed by atoms with E-state index in [1.54, 1.807) is 24.5 Å². The Balaban J connectivity index is 1.27. The number of hydrogen-bond donors (Lipinski definition) is 1. The Labute approximate surface area is 187 Å². The number of carbonyl (C=O) groups excluding carboxylic acids is 1. The van der Waals surface area contributed by atoms with Crippen molar-refractivity contribution in [3.05, 3.63) is 120 Å². The van der Waals surface area contributed by atoms with Crippen LogP contribution in [0.4, 0.5) is 0 Å². The smallest absolute Gasteiger partial charge is 0.244 e. The minimum absolute atomic E-state index is 0.144. The van der Waals surface area contributed by atoms with Gasteiger partial charge in [0, 0.05) is 31.2 Å². The van der Waals surface area contributed by atoms with Crippen molar-refractivity contribution in [1.29, 1.82) is 0 Å². The van der Waals surface area contributed by atoms with Gasteiger partial charge in [0.25, 0.3) is 0 Å². The van der Waals surface area contributed by atoms with E-state index in [1.165, 1.54) is 0 Å². The van der Waals surface area contributed by atoms with Crippen molar-refractivity contribution in [2.24, 2.45) is 0 Å². The van der Waals surface area contributed by atoms with Crippen LogP contribution in [0, 0.1) is 0 Å². The third kappa shape index (κ3) is 6.15. The van der Waals surface area contributed by atoms with Gasteiger partial charge in [-0.2, -0.15) is 5.10 Å². The zero-order valence-electron chi connectivity index (χ0n) is 17.6. The summed E-state index contributed by atoms with van der Waals surface area (Å²) in [7, 11) is 0. The fraction of sp³-hybridized carbons (Fsp3) is 0.115. The molecule has 6 nitrogen and oxygen atoms in total. The molecular weight excluding hydrogens is 400 g/mol. The SMILES string of the molecule is O=C(C=Cc1ccc(OCc2ccccn2)cc1)NCc1ccccc1Cn1cccn1. The van der Waals surface area contributed by atoms with Gasteiger partial charge in [-0.3, -0.25) is 14.5 Å². The van der Waals surface area contributed by atoms with Gasteiger partial charge in [0.05, 0.1) is 12.2 Å². The molecule has 4 aromatic rings. The van der Waals surface area contributed by atoms with E-state index in [4.69, 9.17) is 4.74 Å². The second-order valence-corrected chi connectivity index (χ2v) is 7.20. The number of ether oxygens (including phenoxy) is 1. The van der Waals surface area contributed by atoms with Crippen LogP contribution in [0.15, 0.2) is 97.5 Å². The maximum absolute atomic E-state index is 12.3. The Morgan fingerprint density at radius 2 is 1.75 bits per heavy atom. The fourth-order valence-electron chi connectivity index (χ4n) is 3.18. The van der Waals surface area contributed by atoms with Gasteiger partial charge >= 0.3 is 0 Å². The van der Waals surface area contributed by atoms with Crippen LogP contribution in [0.5, 0.6) is 5.75 Å². The molecule has 2 aromatic carbocycles. The third-order valence-electron chi connectivity index (χ3n) is 4.88. The number of pyridine rings is 1. The lowest BCUT2D eigenvalue weighted by atomic mass is 10.1. The standard InChI is InChI=1S/C26H24N4O2/c31-26(28-18-22-6-1-2-7-23(22)19-30-17-5-16-29-30)14-11-21-9-12-25(13-10-21)32-20-24-8-3-4-15-27-24/h1-17H,18-20H2,(H,28,31). The maximum Gasteiger partial charge on any atom is 0.244 e. The Morgan fingerprint density at radius 1 is 0.938 bits per heavy atom. The maximum atomic E-state index is 12.3. The summed E-state index contributed by atoms with van der Waals surface area (Å²) >= 11 is 0. The fourth-order valence-corrected chi connectivity index (χ4v) is 3.18. The van der Waals surface area contributed by atoms with Gasteiger partial charge in [0.2, 0.25) is 5.91 Å². The van der Waals surface area contributed by atoms with Crippen molar-refractivity contribution >= 4 is 12.0 Å². The Morgan fingerprint density at radius 3 is 2.50 bits per heavy atom. The highest BCUT2D eigenvalue weighted by Crippen LogP contribution is 2.15. The molecule has 0 atom stereocenters. The van der Waals surface area contributed by atoms with Crippen molar-refractivity contribution < 1.29 is 9.53 Å². The van der Waals surface area contributed by atoms with Crippen molar-refractivity contribution in [3.63, 3.8) is 0 Å². The molecule has 2 aromatic heterocycles. The number of aromatic nitrogens is 3. The van der Waals surface area contributed by atoms with Crippen LogP contribution in [0.2, 0.25) is 0 Å². The molecule has 0 unspecified atom stereocenters. The number of rotatable bonds is 9. The topological polar surface area (TPSA) is 69.0 Å². The van der Waals surface area contributed by atoms with E-state index >= 15 is 0 Å². The molecule has 0 saturated carbocycles. The van der Waals surface area contributed by atoms with E-state index in [2.05, 4.69) is 21.5 Å². The van der Waals surface area contributed by atoms with E-state index in [1.807, 2.05) is 77.6 Å². The zero-order valence-corrected chi connectivity index (χ0v) is 17.6. The number of nitrogens with zero attached hydrogens (tertiary/aromatic N) is 3. The highest BCUT2D eigenvalue weighted by atomic mass is 16.5. The number of nitrogens with one attached hydrogen (secondary N) is 1. The van der Waals surface area contributed by atoms with E-state index in [0.717, 1.165) is 28.1 Å². The van der Waals surface area contributed by atoms with Gasteiger partial charge in [-0.25, -0.2) is 0 Å². The van der Waals surface area contributed by atoms with Gasteiger partial charge in [-0.15, -0.1) is 0 Å². The molecule has 1 N–H and O–H groups in total. The molecule has 1 amide bonds. The Kier molecular flexibility index (Phi) is 7.06. The molecule has 32 heavy (non-hydrogen) atoms. The van der Waals surface area contributed by atoms with Crippen molar-refractivity contribution in [2.75, 3.05) is 0 Å². The van der Waals surface area contributed by atoms with Crippen LogP contribution in [0.1, 0.15) is 22.4 Å². The molecule has 6 heteroatoms. The predicted octanol–water partition coefficient (Wildman–Crippen LogP) is 4.24. The second kappa shape index (κ2) is 10.7. The second-order valence-electron chi connectivity index (χ2n) is 7.20. The van der Waals surface area contributed by atoms with Gasteiger partial charge in [0.1, 0.15) is 12.4 Å². The van der Waals surface area contributed by atoms with Gasteiger partial charge < -0.3 is 10.1 Å². The van der Waals surface area contributed by atoms with Gasteiger partial charge in [-0.1, -0.05) is 42.5 Å². The van der Waals surface area contributed by atoms with Gasteiger partial charge in [0.15, 0.2) is 0 Å². The molecule has 160 valence electrons. The van der Waals surface area contributed by atoms with Crippen LogP contribution in [-0.4, -0.2) is 20.7 Å². The lowest BCUT2D eigenvalue weighted by molar-refractivity contribution is -0.116. The summed E-state index contributed by atoms with van der Waals surface area (Å²) in [5.41, 5.74) is 3.99. The first-order chi connectivity index (χ1) is 15.8. The molecule has 0 saturated heterocycles. The van der Waals surface area contributed by atoms with Crippen LogP contribution in [-0.2, 0) is 24.5 Å². The lowest BCUT2D eigenvalue weighted by Gasteiger charge is -2.10. The summed E-state index contributed by atoms with van der Waals surface area (Å²) in [5, 5.41) is 7.20. The predicted molar refractivity (Wildman–Crippen MR) is 124 cm³/mol. The highest BCUT2D eigenvalue weighted by Gasteiger charge is 2.04. The zero-order chi connectivity index (χ0) is 22.0. The molecule has 2 heterocycles. The molecule has 4 rings (SSSR count). The first-order valence-corrected chi connectivity index (χ1v) is 10.4. The summed E-state index contributed by atoms with van der Waals surface area (Å²) in [6.07, 6.45) is 8.75. The summed E-state index contributed by atoms with van der Waals surface area (Å²) in [6.45, 7) is 1.55. The van der Waals surface area contributed by atoms with Crippen LogP contribution in [0.25, 0.3) is 6.08 Å². The van der Waals surface area contributed by atoms with Crippen LogP contribution < -0.4 is 10.1 Å². The quantitative estimate of drug-likeness (QED) is 0.408. The van der Waals surface area contributed by atoms with E-state index in [9.17, 15) is 4.79 Å². The number of carbonyl (C=O) groups is 1. The minimum Gasteiger partial charge on any atom is -0.487 e. The van der Waals surface area contributed by atoms with Crippen molar-refractivity contribution in [3.8, 4) is 5.75 Å². The Hall–Kier alpha value is -4.19. The van der Waals surface area contributed by atoms with Crippen LogP contribution >= 0.6 is 0 Å². The average Bonchev–Trinajstić information content (AvgIpc) is 3.35. The number of amides is 1.